The van der Waals surface area contributed by atoms with Crippen LogP contribution in [-0.4, -0.2) is 48.2 Å². The molecule has 0 spiro atoms. The SMILES string of the molecule is CN(C(=O)C1CCCN(c2ccc([N+](=O)[O-])c(C=O)c2)C1)C1CCCCC1. The van der Waals surface area contributed by atoms with Crippen LogP contribution in [0, 0.1) is 16.0 Å². The molecule has 1 saturated carbocycles. The van der Waals surface area contributed by atoms with E-state index in [0.717, 1.165) is 37.9 Å². The molecular formula is C20H27N3O4. The first-order valence-corrected chi connectivity index (χ1v) is 9.76. The highest BCUT2D eigenvalue weighted by atomic mass is 16.6. The summed E-state index contributed by atoms with van der Waals surface area (Å²) in [5, 5.41) is 11.0. The first kappa shape index (κ1) is 19.3. The Labute approximate surface area is 159 Å². The number of rotatable bonds is 5. The molecule has 1 amide bonds. The quantitative estimate of drug-likeness (QED) is 0.449. The lowest BCUT2D eigenvalue weighted by Crippen LogP contribution is -2.47. The van der Waals surface area contributed by atoms with E-state index in [2.05, 4.69) is 4.90 Å². The van der Waals surface area contributed by atoms with Crippen molar-refractivity contribution >= 4 is 23.6 Å². The molecule has 0 aromatic heterocycles. The zero-order valence-corrected chi connectivity index (χ0v) is 15.8. The number of amides is 1. The predicted molar refractivity (Wildman–Crippen MR) is 103 cm³/mol. The van der Waals surface area contributed by atoms with Gasteiger partial charge in [-0.2, -0.15) is 0 Å². The van der Waals surface area contributed by atoms with Crippen LogP contribution >= 0.6 is 0 Å². The van der Waals surface area contributed by atoms with Crippen LogP contribution in [0.1, 0.15) is 55.3 Å². The van der Waals surface area contributed by atoms with E-state index in [1.807, 2.05) is 11.9 Å². The summed E-state index contributed by atoms with van der Waals surface area (Å²) in [6, 6.07) is 4.95. The third-order valence-electron chi connectivity index (χ3n) is 5.94. The van der Waals surface area contributed by atoms with Gasteiger partial charge in [0.05, 0.1) is 16.4 Å². The van der Waals surface area contributed by atoms with Crippen LogP contribution in [-0.2, 0) is 4.79 Å². The van der Waals surface area contributed by atoms with Crippen molar-refractivity contribution in [1.82, 2.24) is 4.90 Å². The fourth-order valence-corrected chi connectivity index (χ4v) is 4.35. The molecule has 27 heavy (non-hydrogen) atoms. The van der Waals surface area contributed by atoms with Gasteiger partial charge in [-0.05, 0) is 37.8 Å². The van der Waals surface area contributed by atoms with Crippen LogP contribution in [0.2, 0.25) is 0 Å². The second-order valence-electron chi connectivity index (χ2n) is 7.64. The van der Waals surface area contributed by atoms with E-state index in [9.17, 15) is 19.7 Å². The molecule has 7 heteroatoms. The molecule has 0 radical (unpaired) electrons. The van der Waals surface area contributed by atoms with Crippen LogP contribution < -0.4 is 4.90 Å². The van der Waals surface area contributed by atoms with Crippen LogP contribution in [0.15, 0.2) is 18.2 Å². The smallest absolute Gasteiger partial charge is 0.280 e. The molecule has 1 aliphatic heterocycles. The second kappa shape index (κ2) is 8.50. The van der Waals surface area contributed by atoms with E-state index in [-0.39, 0.29) is 23.1 Å². The Morgan fingerprint density at radius 2 is 1.96 bits per heavy atom. The van der Waals surface area contributed by atoms with Crippen LogP contribution in [0.3, 0.4) is 0 Å². The van der Waals surface area contributed by atoms with Crippen molar-refractivity contribution in [3.8, 4) is 0 Å². The summed E-state index contributed by atoms with van der Waals surface area (Å²) in [4.78, 5) is 38.7. The van der Waals surface area contributed by atoms with E-state index in [0.29, 0.717) is 18.9 Å². The number of aldehydes is 1. The monoisotopic (exact) mass is 373 g/mol. The minimum Gasteiger partial charge on any atom is -0.371 e. The molecule has 1 unspecified atom stereocenters. The molecule has 0 N–H and O–H groups in total. The van der Waals surface area contributed by atoms with Crippen molar-refractivity contribution in [2.75, 3.05) is 25.0 Å². The Bertz CT molecular complexity index is 715. The zero-order chi connectivity index (χ0) is 19.4. The third-order valence-corrected chi connectivity index (χ3v) is 5.94. The molecule has 2 fully saturated rings. The Kier molecular flexibility index (Phi) is 6.08. The van der Waals surface area contributed by atoms with Crippen molar-refractivity contribution in [2.45, 2.75) is 51.0 Å². The number of carbonyl (C=O) groups excluding carboxylic acids is 2. The van der Waals surface area contributed by atoms with E-state index >= 15 is 0 Å². The lowest BCUT2D eigenvalue weighted by Gasteiger charge is -2.38. The highest BCUT2D eigenvalue weighted by molar-refractivity contribution is 5.84. The standard InChI is InChI=1S/C20H27N3O4/c1-21(17-7-3-2-4-8-17)20(25)15-6-5-11-22(13-15)18-9-10-19(23(26)27)16(12-18)14-24/h9-10,12,14-15,17H,2-8,11,13H2,1H3. The fourth-order valence-electron chi connectivity index (χ4n) is 4.35. The van der Waals surface area contributed by atoms with Gasteiger partial charge in [0.15, 0.2) is 6.29 Å². The summed E-state index contributed by atoms with van der Waals surface area (Å²) in [5.74, 6) is 0.129. The van der Waals surface area contributed by atoms with Gasteiger partial charge in [0.1, 0.15) is 0 Å². The molecule has 1 aromatic rings. The Morgan fingerprint density at radius 3 is 2.63 bits per heavy atom. The highest BCUT2D eigenvalue weighted by Gasteiger charge is 2.31. The third kappa shape index (κ3) is 4.28. The molecule has 2 aliphatic rings. The number of benzene rings is 1. The summed E-state index contributed by atoms with van der Waals surface area (Å²) in [5.41, 5.74) is 0.654. The van der Waals surface area contributed by atoms with Gasteiger partial charge in [-0.1, -0.05) is 19.3 Å². The van der Waals surface area contributed by atoms with E-state index in [1.165, 1.54) is 25.3 Å². The van der Waals surface area contributed by atoms with Gasteiger partial charge in [-0.3, -0.25) is 19.7 Å². The summed E-state index contributed by atoms with van der Waals surface area (Å²) in [6.07, 6.45) is 8.09. The second-order valence-corrected chi connectivity index (χ2v) is 7.64. The minimum absolute atomic E-state index is 0.0689. The highest BCUT2D eigenvalue weighted by Crippen LogP contribution is 2.29. The molecule has 1 saturated heterocycles. The molecule has 1 aromatic carbocycles. The van der Waals surface area contributed by atoms with Gasteiger partial charge in [0.25, 0.3) is 5.69 Å². The van der Waals surface area contributed by atoms with Crippen LogP contribution in [0.25, 0.3) is 0 Å². The molecule has 3 rings (SSSR count). The Morgan fingerprint density at radius 1 is 1.22 bits per heavy atom. The van der Waals surface area contributed by atoms with Gasteiger partial charge in [-0.25, -0.2) is 0 Å². The largest absolute Gasteiger partial charge is 0.371 e. The summed E-state index contributed by atoms with van der Waals surface area (Å²) < 4.78 is 0. The Hall–Kier alpha value is -2.44. The van der Waals surface area contributed by atoms with Crippen molar-refractivity contribution in [2.24, 2.45) is 5.92 Å². The van der Waals surface area contributed by atoms with Crippen LogP contribution in [0.4, 0.5) is 11.4 Å². The van der Waals surface area contributed by atoms with E-state index in [1.54, 1.807) is 12.1 Å². The number of nitro groups is 1. The first-order chi connectivity index (χ1) is 13.0. The maximum atomic E-state index is 13.0. The summed E-state index contributed by atoms with van der Waals surface area (Å²) in [7, 11) is 1.92. The van der Waals surface area contributed by atoms with E-state index in [4.69, 9.17) is 0 Å². The normalized spacial score (nSPS) is 20.9. The molecule has 1 aliphatic carbocycles. The van der Waals surface area contributed by atoms with Gasteiger partial charge in [0, 0.05) is 37.9 Å². The van der Waals surface area contributed by atoms with Gasteiger partial charge < -0.3 is 9.80 Å². The summed E-state index contributed by atoms with van der Waals surface area (Å²) >= 11 is 0. The minimum atomic E-state index is -0.546. The maximum absolute atomic E-state index is 13.0. The van der Waals surface area contributed by atoms with Crippen molar-refractivity contribution < 1.29 is 14.5 Å². The molecule has 0 bridgehead atoms. The molecular weight excluding hydrogens is 346 g/mol. The average Bonchev–Trinajstić information content (AvgIpc) is 2.72. The van der Waals surface area contributed by atoms with E-state index < -0.39 is 4.92 Å². The molecule has 7 nitrogen and oxygen atoms in total. The molecule has 1 heterocycles. The average molecular weight is 373 g/mol. The number of piperidine rings is 1. The number of nitro benzene ring substituents is 1. The maximum Gasteiger partial charge on any atom is 0.280 e. The van der Waals surface area contributed by atoms with Gasteiger partial charge >= 0.3 is 0 Å². The first-order valence-electron chi connectivity index (χ1n) is 9.76. The topological polar surface area (TPSA) is 83.8 Å². The van der Waals surface area contributed by atoms with Crippen molar-refractivity contribution in [1.29, 1.82) is 0 Å². The number of anilines is 1. The lowest BCUT2D eigenvalue weighted by atomic mass is 9.91. The molecule has 1 atom stereocenters. The zero-order valence-electron chi connectivity index (χ0n) is 15.8. The van der Waals surface area contributed by atoms with Crippen LogP contribution in [0.5, 0.6) is 0 Å². The van der Waals surface area contributed by atoms with Gasteiger partial charge in [-0.15, -0.1) is 0 Å². The van der Waals surface area contributed by atoms with Crippen molar-refractivity contribution in [3.05, 3.63) is 33.9 Å². The molecule has 146 valence electrons. The van der Waals surface area contributed by atoms with Gasteiger partial charge in [0.2, 0.25) is 5.91 Å². The number of nitrogens with zero attached hydrogens (tertiary/aromatic N) is 3. The lowest BCUT2D eigenvalue weighted by molar-refractivity contribution is -0.385. The van der Waals surface area contributed by atoms with Crippen molar-refractivity contribution in [3.63, 3.8) is 0 Å². The fraction of sp³-hybridized carbons (Fsp3) is 0.600. The summed E-state index contributed by atoms with van der Waals surface area (Å²) in [6.45, 7) is 1.37. The number of hydrogen-bond donors (Lipinski definition) is 0. The predicted octanol–water partition coefficient (Wildman–Crippen LogP) is 3.41. The number of carbonyl (C=O) groups is 2. The Balaban J connectivity index is 1.71. The number of hydrogen-bond acceptors (Lipinski definition) is 5.